The molecule has 16 heavy (non-hydrogen) atoms. The van der Waals surface area contributed by atoms with E-state index in [1.807, 2.05) is 0 Å². The summed E-state index contributed by atoms with van der Waals surface area (Å²) in [4.78, 5) is 0. The maximum Gasteiger partial charge on any atom is 0.190 e. The molecule has 0 spiro atoms. The molecular formula is C12H23ClO2Si. The first-order valence-corrected chi connectivity index (χ1v) is 9.93. The summed E-state index contributed by atoms with van der Waals surface area (Å²) in [5.41, 5.74) is 0.814. The van der Waals surface area contributed by atoms with Crippen molar-refractivity contribution in [2.45, 2.75) is 50.4 Å². The van der Waals surface area contributed by atoms with E-state index in [-0.39, 0.29) is 5.88 Å². The Morgan fingerprint density at radius 2 is 2.12 bits per heavy atom. The first-order valence-electron chi connectivity index (χ1n) is 6.41. The van der Waals surface area contributed by atoms with Crippen molar-refractivity contribution in [2.24, 2.45) is 11.8 Å². The Balaban J connectivity index is 1.87. The third-order valence-electron chi connectivity index (χ3n) is 4.46. The van der Waals surface area contributed by atoms with Gasteiger partial charge in [0.15, 0.2) is 8.32 Å². The van der Waals surface area contributed by atoms with E-state index in [1.54, 1.807) is 0 Å². The van der Waals surface area contributed by atoms with Gasteiger partial charge in [-0.3, -0.25) is 0 Å². The van der Waals surface area contributed by atoms with Crippen LogP contribution < -0.4 is 0 Å². The minimum atomic E-state index is -1.62. The number of fused-ring (bicyclic) bond motifs is 2. The lowest BCUT2D eigenvalue weighted by Crippen LogP contribution is -2.41. The number of hydrogen-bond acceptors (Lipinski definition) is 2. The van der Waals surface area contributed by atoms with E-state index in [2.05, 4.69) is 13.1 Å². The normalized spacial score (nSPS) is 35.6. The molecule has 0 aromatic carbocycles. The van der Waals surface area contributed by atoms with E-state index >= 15 is 0 Å². The molecule has 94 valence electrons. The van der Waals surface area contributed by atoms with Crippen LogP contribution in [0.3, 0.4) is 0 Å². The quantitative estimate of drug-likeness (QED) is 0.610. The van der Waals surface area contributed by atoms with E-state index in [1.165, 1.54) is 25.7 Å². The second-order valence-corrected chi connectivity index (χ2v) is 10.5. The smallest absolute Gasteiger partial charge is 0.190 e. The maximum absolute atomic E-state index is 9.46. The van der Waals surface area contributed by atoms with Crippen LogP contribution in [-0.2, 0) is 4.43 Å². The van der Waals surface area contributed by atoms with Crippen molar-refractivity contribution >= 4 is 19.9 Å². The molecule has 4 atom stereocenters. The van der Waals surface area contributed by atoms with E-state index in [9.17, 15) is 5.11 Å². The number of rotatable bonds is 5. The van der Waals surface area contributed by atoms with Crippen molar-refractivity contribution in [1.29, 1.82) is 0 Å². The fourth-order valence-electron chi connectivity index (χ4n) is 3.56. The van der Waals surface area contributed by atoms with Gasteiger partial charge >= 0.3 is 0 Å². The van der Waals surface area contributed by atoms with Gasteiger partial charge in [0.2, 0.25) is 0 Å². The van der Waals surface area contributed by atoms with Gasteiger partial charge in [0.25, 0.3) is 0 Å². The average Bonchev–Trinajstić information content (AvgIpc) is 2.87. The van der Waals surface area contributed by atoms with Crippen molar-refractivity contribution in [3.05, 3.63) is 0 Å². The van der Waals surface area contributed by atoms with Gasteiger partial charge in [-0.25, -0.2) is 0 Å². The largest absolute Gasteiger partial charge is 0.414 e. The van der Waals surface area contributed by atoms with E-state index < -0.39 is 14.4 Å². The third kappa shape index (κ3) is 2.63. The number of aliphatic hydroxyl groups is 1. The fourth-order valence-corrected chi connectivity index (χ4v) is 6.82. The second-order valence-electron chi connectivity index (χ2n) is 6.00. The van der Waals surface area contributed by atoms with Crippen molar-refractivity contribution in [2.75, 3.05) is 12.5 Å². The van der Waals surface area contributed by atoms with Gasteiger partial charge in [0.1, 0.15) is 0 Å². The molecule has 2 nitrogen and oxygen atoms in total. The van der Waals surface area contributed by atoms with Gasteiger partial charge in [-0.15, -0.1) is 11.6 Å². The molecule has 2 aliphatic rings. The Bertz CT molecular complexity index is 247. The molecule has 0 aromatic rings. The Morgan fingerprint density at radius 1 is 1.38 bits per heavy atom. The van der Waals surface area contributed by atoms with Crippen molar-refractivity contribution in [1.82, 2.24) is 0 Å². The van der Waals surface area contributed by atoms with E-state index in [0.717, 1.165) is 17.4 Å². The molecule has 4 unspecified atom stereocenters. The van der Waals surface area contributed by atoms with Crippen molar-refractivity contribution in [3.63, 3.8) is 0 Å². The SMILES string of the molecule is C[Si](C)(OCC(O)CCl)C1CC2CCC1C2. The molecule has 2 bridgehead atoms. The third-order valence-corrected chi connectivity index (χ3v) is 8.22. The molecule has 2 fully saturated rings. The summed E-state index contributed by atoms with van der Waals surface area (Å²) < 4.78 is 6.02. The summed E-state index contributed by atoms with van der Waals surface area (Å²) in [5, 5.41) is 9.46. The zero-order chi connectivity index (χ0) is 11.8. The summed E-state index contributed by atoms with van der Waals surface area (Å²) in [5.74, 6) is 2.17. The topological polar surface area (TPSA) is 29.5 Å². The molecule has 0 saturated heterocycles. The number of hydrogen-bond donors (Lipinski definition) is 1. The van der Waals surface area contributed by atoms with Gasteiger partial charge in [-0.05, 0) is 43.3 Å². The highest BCUT2D eigenvalue weighted by atomic mass is 35.5. The molecule has 0 amide bonds. The molecular weight excluding hydrogens is 240 g/mol. The van der Waals surface area contributed by atoms with Gasteiger partial charge in [-0.2, -0.15) is 0 Å². The van der Waals surface area contributed by atoms with E-state index in [4.69, 9.17) is 16.0 Å². The molecule has 2 rings (SSSR count). The maximum atomic E-state index is 9.46. The molecule has 0 aliphatic heterocycles. The molecule has 0 heterocycles. The average molecular weight is 263 g/mol. The summed E-state index contributed by atoms with van der Waals surface area (Å²) >= 11 is 5.59. The number of halogens is 1. The molecule has 0 aromatic heterocycles. The lowest BCUT2D eigenvalue weighted by Gasteiger charge is -2.35. The lowest BCUT2D eigenvalue weighted by atomic mass is 10.0. The van der Waals surface area contributed by atoms with Crippen LogP contribution in [0.4, 0.5) is 0 Å². The lowest BCUT2D eigenvalue weighted by molar-refractivity contribution is 0.117. The number of alkyl halides is 1. The highest BCUT2D eigenvalue weighted by Crippen LogP contribution is 2.55. The summed E-state index contributed by atoms with van der Waals surface area (Å²) in [6, 6.07) is 0. The Labute approximate surface area is 104 Å². The zero-order valence-corrected chi connectivity index (χ0v) is 12.0. The van der Waals surface area contributed by atoms with Gasteiger partial charge < -0.3 is 9.53 Å². The summed E-state index contributed by atoms with van der Waals surface area (Å²) in [6.07, 6.45) is 5.17. The molecule has 2 saturated carbocycles. The Hall–Kier alpha value is 0.427. The van der Waals surface area contributed by atoms with Crippen LogP contribution in [0, 0.1) is 11.8 Å². The highest BCUT2D eigenvalue weighted by molar-refractivity contribution is 6.72. The molecule has 4 heteroatoms. The first kappa shape index (κ1) is 12.9. The van der Waals surface area contributed by atoms with Crippen molar-refractivity contribution in [3.8, 4) is 0 Å². The van der Waals surface area contributed by atoms with Gasteiger partial charge in [0, 0.05) is 0 Å². The fraction of sp³-hybridized carbons (Fsp3) is 1.00. The van der Waals surface area contributed by atoms with Crippen molar-refractivity contribution < 1.29 is 9.53 Å². The van der Waals surface area contributed by atoms with Crippen LogP contribution in [-0.4, -0.2) is 32.0 Å². The minimum absolute atomic E-state index is 0.279. The van der Waals surface area contributed by atoms with Crippen LogP contribution in [0.15, 0.2) is 0 Å². The molecule has 2 aliphatic carbocycles. The van der Waals surface area contributed by atoms with E-state index in [0.29, 0.717) is 6.61 Å². The van der Waals surface area contributed by atoms with Crippen LogP contribution in [0.5, 0.6) is 0 Å². The molecule has 1 N–H and O–H groups in total. The van der Waals surface area contributed by atoms with Crippen LogP contribution >= 0.6 is 11.6 Å². The predicted octanol–water partition coefficient (Wildman–Crippen LogP) is 3.00. The predicted molar refractivity (Wildman–Crippen MR) is 69.4 cm³/mol. The number of aliphatic hydroxyl groups excluding tert-OH is 1. The first-order chi connectivity index (χ1) is 7.53. The Kier molecular flexibility index (Phi) is 4.00. The standard InChI is InChI=1S/C12H23ClO2Si/c1-16(2,15-8-11(14)7-13)12-6-9-3-4-10(12)5-9/h9-12,14H,3-8H2,1-2H3. The molecule has 0 radical (unpaired) electrons. The monoisotopic (exact) mass is 262 g/mol. The minimum Gasteiger partial charge on any atom is -0.414 e. The second kappa shape index (κ2) is 4.97. The van der Waals surface area contributed by atoms with Crippen LogP contribution in [0.25, 0.3) is 0 Å². The zero-order valence-electron chi connectivity index (χ0n) is 10.3. The summed E-state index contributed by atoms with van der Waals surface area (Å²) in [7, 11) is -1.62. The van der Waals surface area contributed by atoms with Gasteiger partial charge in [0.05, 0.1) is 18.6 Å². The van der Waals surface area contributed by atoms with Crippen LogP contribution in [0.2, 0.25) is 18.6 Å². The van der Waals surface area contributed by atoms with Crippen LogP contribution in [0.1, 0.15) is 25.7 Å². The summed E-state index contributed by atoms with van der Waals surface area (Å²) in [6.45, 7) is 5.04. The van der Waals surface area contributed by atoms with Gasteiger partial charge in [-0.1, -0.05) is 12.8 Å². The Morgan fingerprint density at radius 3 is 2.62 bits per heavy atom. The highest BCUT2D eigenvalue weighted by Gasteiger charge is 2.48.